The molecule has 36 heavy (non-hydrogen) atoms. The van der Waals surface area contributed by atoms with E-state index < -0.39 is 43.6 Å². The van der Waals surface area contributed by atoms with Gasteiger partial charge in [0.25, 0.3) is 0 Å². The Balaban J connectivity index is 1.77. The first-order valence-corrected chi connectivity index (χ1v) is 14.0. The molecule has 1 aromatic carbocycles. The number of benzene rings is 1. The first-order valence-electron chi connectivity index (χ1n) is 11.2. The summed E-state index contributed by atoms with van der Waals surface area (Å²) < 4.78 is 38.3. The number of hydrogen-bond acceptors (Lipinski definition) is 9. The number of hydrogen-bond donors (Lipinski definition) is 3. The van der Waals surface area contributed by atoms with Crippen LogP contribution < -0.4 is 9.61 Å². The van der Waals surface area contributed by atoms with Crippen LogP contribution in [0.15, 0.2) is 36.5 Å². The lowest BCUT2D eigenvalue weighted by Gasteiger charge is -2.25. The third-order valence-electron chi connectivity index (χ3n) is 5.15. The number of aliphatic hydroxyl groups is 1. The predicted molar refractivity (Wildman–Crippen MR) is 139 cm³/mol. The highest BCUT2D eigenvalue weighted by atomic mass is 35.5. The quantitative estimate of drug-likeness (QED) is 0.160. The van der Waals surface area contributed by atoms with Crippen molar-refractivity contribution >= 4 is 49.8 Å². The van der Waals surface area contributed by atoms with Crippen molar-refractivity contribution < 1.29 is 33.0 Å². The van der Waals surface area contributed by atoms with Gasteiger partial charge < -0.3 is 24.1 Å². The second-order valence-corrected chi connectivity index (χ2v) is 11.5. The van der Waals surface area contributed by atoms with Gasteiger partial charge in [0.15, 0.2) is 11.0 Å². The summed E-state index contributed by atoms with van der Waals surface area (Å²) >= 11 is 17.0. The molecule has 6 atom stereocenters. The van der Waals surface area contributed by atoms with E-state index in [2.05, 4.69) is 10.1 Å². The summed E-state index contributed by atoms with van der Waals surface area (Å²) in [7, 11) is -4.14. The van der Waals surface area contributed by atoms with Crippen LogP contribution in [0, 0.1) is 16.3 Å². The minimum Gasteiger partial charge on any atom is -0.462 e. The fourth-order valence-electron chi connectivity index (χ4n) is 3.35. The average molecular weight is 578 g/mol. The highest BCUT2D eigenvalue weighted by molar-refractivity contribution is 7.72. The molecule has 0 spiro atoms. The van der Waals surface area contributed by atoms with E-state index in [0.717, 1.165) is 5.56 Å². The standard InChI is InChI=1S/C22H29ClN3O7PS2/c1-12(2)31-21(28)14(4)25-34(29,33-15-8-6-5-7-9-15)30-11-16-18(27)17(23)20(32-16)26-10-13(3)19(35)24-22(26)36/h5-10,12,14,16-18,20,27H,11H2,1-4H3,(H,25,29)(H,24,35,36)/t14-,16-,17?,18+,20-,34?/m0/s1. The van der Waals surface area contributed by atoms with E-state index >= 15 is 0 Å². The molecule has 14 heteroatoms. The molecule has 1 fully saturated rings. The van der Waals surface area contributed by atoms with E-state index in [1.807, 2.05) is 0 Å². The van der Waals surface area contributed by atoms with Crippen LogP contribution in [0.1, 0.15) is 32.6 Å². The molecule has 3 N–H and O–H groups in total. The third-order valence-corrected chi connectivity index (χ3v) is 8.00. The maximum atomic E-state index is 13.6. The van der Waals surface area contributed by atoms with Crippen molar-refractivity contribution in [2.75, 3.05) is 6.61 Å². The van der Waals surface area contributed by atoms with Crippen LogP contribution >= 0.6 is 43.8 Å². The van der Waals surface area contributed by atoms with Crippen LogP contribution in [0.4, 0.5) is 0 Å². The number of H-pyrrole nitrogens is 1. The number of aryl methyl sites for hydroxylation is 1. The zero-order valence-electron chi connectivity index (χ0n) is 20.1. The number of rotatable bonds is 10. The first kappa shape index (κ1) is 28.9. The van der Waals surface area contributed by atoms with E-state index in [1.165, 1.54) is 6.92 Å². The Labute approximate surface area is 224 Å². The van der Waals surface area contributed by atoms with Gasteiger partial charge in [-0.25, -0.2) is 4.57 Å². The summed E-state index contributed by atoms with van der Waals surface area (Å²) in [5.74, 6) is -0.380. The van der Waals surface area contributed by atoms with Gasteiger partial charge in [-0.05, 0) is 52.0 Å². The highest BCUT2D eigenvalue weighted by Gasteiger charge is 2.45. The zero-order chi connectivity index (χ0) is 26.6. The number of carbonyl (C=O) groups excluding carboxylic acids is 1. The number of nitrogens with one attached hydrogen (secondary N) is 2. The van der Waals surface area contributed by atoms with Crippen molar-refractivity contribution in [2.45, 2.75) is 63.7 Å². The summed E-state index contributed by atoms with van der Waals surface area (Å²) in [5.41, 5.74) is 0.743. The molecule has 1 aromatic heterocycles. The topological polar surface area (TPSA) is 124 Å². The van der Waals surface area contributed by atoms with Gasteiger partial charge in [0.1, 0.15) is 34.0 Å². The Morgan fingerprint density at radius 3 is 2.61 bits per heavy atom. The van der Waals surface area contributed by atoms with Crippen LogP contribution in [0.25, 0.3) is 0 Å². The number of ether oxygens (including phenoxy) is 2. The highest BCUT2D eigenvalue weighted by Crippen LogP contribution is 2.46. The minimum absolute atomic E-state index is 0.250. The van der Waals surface area contributed by atoms with E-state index in [0.29, 0.717) is 4.64 Å². The summed E-state index contributed by atoms with van der Waals surface area (Å²) in [6.45, 7) is 6.32. The van der Waals surface area contributed by atoms with Crippen LogP contribution in [-0.2, 0) is 23.4 Å². The van der Waals surface area contributed by atoms with Crippen LogP contribution in [0.5, 0.6) is 5.75 Å². The SMILES string of the molecule is Cc1cn([C@H]2O[C@@H](COP(=O)(N[C@@H](C)C(=O)OC(C)C)Oc3ccccc3)[C@@H](O)C2Cl)c(=S)[nH]c1=S. The van der Waals surface area contributed by atoms with Crippen LogP contribution in [0.3, 0.4) is 0 Å². The van der Waals surface area contributed by atoms with Gasteiger partial charge in [-0.3, -0.25) is 13.9 Å². The Morgan fingerprint density at radius 1 is 1.31 bits per heavy atom. The molecular formula is C22H29ClN3O7PS2. The van der Waals surface area contributed by atoms with Gasteiger partial charge in [-0.2, -0.15) is 5.09 Å². The molecule has 1 aliphatic heterocycles. The summed E-state index contributed by atoms with van der Waals surface area (Å²) in [5, 5.41) is 12.4. The lowest BCUT2D eigenvalue weighted by Crippen LogP contribution is -2.37. The Kier molecular flexibility index (Phi) is 9.87. The summed E-state index contributed by atoms with van der Waals surface area (Å²) in [4.78, 5) is 15.2. The summed E-state index contributed by atoms with van der Waals surface area (Å²) in [6, 6.07) is 7.31. The predicted octanol–water partition coefficient (Wildman–Crippen LogP) is 4.58. The van der Waals surface area contributed by atoms with Crippen LogP contribution in [-0.4, -0.2) is 57.0 Å². The van der Waals surface area contributed by atoms with Gasteiger partial charge in [-0.15, -0.1) is 11.6 Å². The van der Waals surface area contributed by atoms with E-state index in [1.54, 1.807) is 61.9 Å². The number of alkyl halides is 1. The monoisotopic (exact) mass is 577 g/mol. The Bertz CT molecular complexity index is 1230. The lowest BCUT2D eigenvalue weighted by atomic mass is 10.2. The molecule has 1 saturated heterocycles. The molecular weight excluding hydrogens is 549 g/mol. The van der Waals surface area contributed by atoms with E-state index in [-0.39, 0.29) is 23.2 Å². The van der Waals surface area contributed by atoms with Gasteiger partial charge in [-0.1, -0.05) is 30.4 Å². The number of aliphatic hydroxyl groups excluding tert-OH is 1. The fourth-order valence-corrected chi connectivity index (χ4v) is 5.66. The number of esters is 1. The van der Waals surface area contributed by atoms with Gasteiger partial charge in [0.2, 0.25) is 0 Å². The lowest BCUT2D eigenvalue weighted by molar-refractivity contribution is -0.149. The van der Waals surface area contributed by atoms with E-state index in [9.17, 15) is 14.5 Å². The molecule has 2 unspecified atom stereocenters. The molecule has 1 aliphatic rings. The molecule has 3 rings (SSSR count). The molecule has 10 nitrogen and oxygen atoms in total. The molecule has 0 saturated carbocycles. The molecule has 2 heterocycles. The van der Waals surface area contributed by atoms with Crippen molar-refractivity contribution in [3.05, 3.63) is 51.5 Å². The van der Waals surface area contributed by atoms with Crippen molar-refractivity contribution in [1.29, 1.82) is 0 Å². The molecule has 0 aliphatic carbocycles. The molecule has 0 bridgehead atoms. The minimum atomic E-state index is -4.14. The second kappa shape index (κ2) is 12.3. The smallest absolute Gasteiger partial charge is 0.459 e. The normalized spacial score (nSPS) is 24.3. The fraction of sp³-hybridized carbons (Fsp3) is 0.500. The molecule has 198 valence electrons. The number of nitrogens with zero attached hydrogens (tertiary/aromatic N) is 1. The number of halogens is 1. The third kappa shape index (κ3) is 7.23. The van der Waals surface area contributed by atoms with Crippen molar-refractivity contribution in [2.24, 2.45) is 0 Å². The number of para-hydroxylation sites is 1. The largest absolute Gasteiger partial charge is 0.462 e. The van der Waals surface area contributed by atoms with Crippen molar-refractivity contribution in [3.63, 3.8) is 0 Å². The maximum absolute atomic E-state index is 13.6. The van der Waals surface area contributed by atoms with Gasteiger partial charge in [0.05, 0.1) is 12.7 Å². The van der Waals surface area contributed by atoms with E-state index in [4.69, 9.17) is 54.6 Å². The number of aromatic amines is 1. The number of aromatic nitrogens is 2. The molecule has 2 aromatic rings. The molecule has 0 radical (unpaired) electrons. The van der Waals surface area contributed by atoms with Gasteiger partial charge >= 0.3 is 13.7 Å². The summed E-state index contributed by atoms with van der Waals surface area (Å²) in [6.07, 6.45) is -1.68. The Hall–Kier alpha value is -1.63. The Morgan fingerprint density at radius 2 is 1.97 bits per heavy atom. The van der Waals surface area contributed by atoms with Crippen LogP contribution in [0.2, 0.25) is 0 Å². The van der Waals surface area contributed by atoms with Crippen molar-refractivity contribution in [1.82, 2.24) is 14.6 Å². The maximum Gasteiger partial charge on any atom is 0.459 e. The zero-order valence-corrected chi connectivity index (χ0v) is 23.4. The second-order valence-electron chi connectivity index (χ2n) is 8.51. The van der Waals surface area contributed by atoms with Gasteiger partial charge in [0, 0.05) is 11.8 Å². The first-order chi connectivity index (χ1) is 16.9. The average Bonchev–Trinajstić information content (AvgIpc) is 3.08. The number of carbonyl (C=O) groups is 1. The van der Waals surface area contributed by atoms with Crippen molar-refractivity contribution in [3.8, 4) is 5.75 Å². The molecule has 0 amide bonds.